The molecule has 0 aliphatic heterocycles. The normalized spacial score (nSPS) is 17.2. The second kappa shape index (κ2) is 13.1. The van der Waals surface area contributed by atoms with Crippen LogP contribution in [-0.2, 0) is 34.6 Å². The highest BCUT2D eigenvalue weighted by molar-refractivity contribution is 7.96. The Hall–Kier alpha value is -2.33. The minimum atomic E-state index is -6.00. The second-order valence-corrected chi connectivity index (χ2v) is 14.7. The fraction of sp³-hybridized carbons (Fsp3) is 0.286. The first kappa shape index (κ1) is 32.2. The molecule has 0 saturated heterocycles. The van der Waals surface area contributed by atoms with Crippen molar-refractivity contribution in [3.63, 3.8) is 0 Å². The van der Waals surface area contributed by atoms with E-state index in [0.29, 0.717) is 32.3 Å². The lowest BCUT2D eigenvalue weighted by Gasteiger charge is -2.19. The van der Waals surface area contributed by atoms with E-state index in [1.54, 1.807) is 0 Å². The Bertz CT molecular complexity index is 1330. The summed E-state index contributed by atoms with van der Waals surface area (Å²) >= 11 is 0. The zero-order valence-corrected chi connectivity index (χ0v) is 24.1. The van der Waals surface area contributed by atoms with Crippen LogP contribution >= 0.6 is 0 Å². The van der Waals surface area contributed by atoms with Crippen LogP contribution in [0, 0.1) is 0 Å². The SMILES string of the molecule is C[S+](C)C1Cc2ccc3ccc(cc3c2)CC([S+](C)C)c2ccc3ccc1cc3c2.F[B-](F)(F)F.F[B-](F)(F)F. The number of rotatable bonds is 2. The summed E-state index contributed by atoms with van der Waals surface area (Å²) in [6.07, 6.45) is 11.8. The van der Waals surface area contributed by atoms with Gasteiger partial charge in [-0.05, 0) is 66.6 Å². The Morgan fingerprint density at radius 1 is 0.475 bits per heavy atom. The molecule has 40 heavy (non-hydrogen) atoms. The van der Waals surface area contributed by atoms with Crippen molar-refractivity contribution in [1.29, 1.82) is 0 Å². The zero-order chi connectivity index (χ0) is 29.8. The van der Waals surface area contributed by atoms with Crippen LogP contribution in [-0.4, -0.2) is 39.5 Å². The molecule has 0 fully saturated rings. The van der Waals surface area contributed by atoms with E-state index in [4.69, 9.17) is 0 Å². The Labute approximate surface area is 235 Å². The van der Waals surface area contributed by atoms with E-state index >= 15 is 0 Å². The van der Waals surface area contributed by atoms with Crippen molar-refractivity contribution >= 4 is 57.8 Å². The molecular formula is C28H30B2F8S2. The molecular weight excluding hydrogens is 574 g/mol. The van der Waals surface area contributed by atoms with E-state index in [9.17, 15) is 34.5 Å². The minimum absolute atomic E-state index is 0.310. The van der Waals surface area contributed by atoms with Gasteiger partial charge in [-0.25, -0.2) is 0 Å². The fourth-order valence-electron chi connectivity index (χ4n) is 4.83. The molecule has 2 unspecified atom stereocenters. The van der Waals surface area contributed by atoms with Crippen LogP contribution in [0.1, 0.15) is 32.8 Å². The van der Waals surface area contributed by atoms with E-state index in [-0.39, 0.29) is 0 Å². The van der Waals surface area contributed by atoms with Crippen LogP contribution in [0.25, 0.3) is 21.5 Å². The van der Waals surface area contributed by atoms with Crippen LogP contribution in [0.2, 0.25) is 0 Å². The summed E-state index contributed by atoms with van der Waals surface area (Å²) in [4.78, 5) is 0. The predicted molar refractivity (Wildman–Crippen MR) is 160 cm³/mol. The third-order valence-corrected chi connectivity index (χ3v) is 9.74. The van der Waals surface area contributed by atoms with Gasteiger partial charge in [0.15, 0.2) is 0 Å². The van der Waals surface area contributed by atoms with E-state index in [0.717, 1.165) is 12.8 Å². The molecule has 4 aromatic rings. The first-order valence-electron chi connectivity index (χ1n) is 12.4. The molecule has 12 heteroatoms. The van der Waals surface area contributed by atoms with E-state index < -0.39 is 14.5 Å². The Morgan fingerprint density at radius 3 is 1.10 bits per heavy atom. The quantitative estimate of drug-likeness (QED) is 0.122. The van der Waals surface area contributed by atoms with Gasteiger partial charge < -0.3 is 34.5 Å². The summed E-state index contributed by atoms with van der Waals surface area (Å²) in [5.41, 5.74) is 5.89. The molecule has 5 rings (SSSR count). The minimum Gasteiger partial charge on any atom is -0.418 e. The smallest absolute Gasteiger partial charge is 0.418 e. The molecule has 4 aromatic carbocycles. The number of hydrogen-bond acceptors (Lipinski definition) is 0. The van der Waals surface area contributed by atoms with Gasteiger partial charge in [0.1, 0.15) is 10.5 Å². The third kappa shape index (κ3) is 9.94. The van der Waals surface area contributed by atoms with E-state index in [1.165, 1.54) is 43.8 Å². The summed E-state index contributed by atoms with van der Waals surface area (Å²) in [6.45, 7) is 0. The summed E-state index contributed by atoms with van der Waals surface area (Å²) in [7, 11) is -11.4. The van der Waals surface area contributed by atoms with Crippen LogP contribution in [0.5, 0.6) is 0 Å². The Kier molecular flexibility index (Phi) is 10.5. The highest BCUT2D eigenvalue weighted by Gasteiger charge is 2.27. The summed E-state index contributed by atoms with van der Waals surface area (Å²) in [5, 5.41) is 6.62. The van der Waals surface area contributed by atoms with Gasteiger partial charge in [-0.3, -0.25) is 0 Å². The van der Waals surface area contributed by atoms with E-state index in [1.807, 2.05) is 0 Å². The maximum atomic E-state index is 9.75. The molecule has 0 heterocycles. The number of halogens is 8. The lowest BCUT2D eigenvalue weighted by molar-refractivity contribution is 0.366. The summed E-state index contributed by atoms with van der Waals surface area (Å²) in [6, 6.07) is 28.5. The van der Waals surface area contributed by atoms with Gasteiger partial charge in [-0.15, -0.1) is 0 Å². The fourth-order valence-corrected chi connectivity index (χ4v) is 7.26. The topological polar surface area (TPSA) is 0 Å². The van der Waals surface area contributed by atoms with Crippen molar-refractivity contribution < 1.29 is 34.5 Å². The third-order valence-electron chi connectivity index (χ3n) is 6.58. The van der Waals surface area contributed by atoms with Crippen LogP contribution in [0.15, 0.2) is 72.8 Å². The van der Waals surface area contributed by atoms with Gasteiger partial charge in [0.2, 0.25) is 0 Å². The molecule has 0 spiro atoms. The Morgan fingerprint density at radius 2 is 0.775 bits per heavy atom. The second-order valence-electron chi connectivity index (χ2n) is 10.0. The van der Waals surface area contributed by atoms with Gasteiger partial charge in [0.05, 0.1) is 25.0 Å². The molecule has 0 N–H and O–H groups in total. The number of fused-ring (bicyclic) bond motifs is 4. The Balaban J connectivity index is 0.000000381. The van der Waals surface area contributed by atoms with Gasteiger partial charge in [0.25, 0.3) is 0 Å². The maximum Gasteiger partial charge on any atom is 0.673 e. The first-order chi connectivity index (χ1) is 18.5. The number of benzene rings is 4. The average molecular weight is 604 g/mol. The lowest BCUT2D eigenvalue weighted by Crippen LogP contribution is -2.15. The standard InChI is InChI=1S/C28H30S2.2BF4/c1-29(2)27-15-19-5-7-21-8-6-20(14-25(21)13-19)16-28(30(3)4)24-12-10-22-9-11-23(27)17-26(22)18-24;2*2-1(3,4)5/h5-14,17-18,27-28H,15-16H2,1-4H3;;/q+2;2*-1. The van der Waals surface area contributed by atoms with Gasteiger partial charge >= 0.3 is 14.5 Å². The average Bonchev–Trinajstić information content (AvgIpc) is 2.82. The van der Waals surface area contributed by atoms with Gasteiger partial charge in [-0.2, -0.15) is 0 Å². The molecule has 1 aliphatic carbocycles. The first-order valence-corrected chi connectivity index (χ1v) is 16.6. The molecule has 6 bridgehead atoms. The summed E-state index contributed by atoms with van der Waals surface area (Å²) < 4.78 is 78.0. The van der Waals surface area contributed by atoms with Crippen LogP contribution in [0.4, 0.5) is 34.5 Å². The summed E-state index contributed by atoms with van der Waals surface area (Å²) in [5.74, 6) is 0. The van der Waals surface area contributed by atoms with Crippen molar-refractivity contribution in [3.8, 4) is 0 Å². The highest BCUT2D eigenvalue weighted by Crippen LogP contribution is 2.34. The molecule has 0 saturated carbocycles. The van der Waals surface area contributed by atoms with Crippen molar-refractivity contribution in [2.24, 2.45) is 0 Å². The van der Waals surface area contributed by atoms with Crippen molar-refractivity contribution in [1.82, 2.24) is 0 Å². The number of hydrogen-bond donors (Lipinski definition) is 0. The lowest BCUT2D eigenvalue weighted by atomic mass is 9.94. The zero-order valence-electron chi connectivity index (χ0n) is 22.5. The maximum absolute atomic E-state index is 9.75. The molecule has 0 nitrogen and oxygen atoms in total. The molecule has 216 valence electrons. The molecule has 0 aromatic heterocycles. The largest absolute Gasteiger partial charge is 0.673 e. The van der Waals surface area contributed by atoms with Gasteiger partial charge in [-0.1, -0.05) is 60.7 Å². The highest BCUT2D eigenvalue weighted by atomic mass is 32.2. The van der Waals surface area contributed by atoms with Gasteiger partial charge in [0, 0.05) is 24.0 Å². The monoisotopic (exact) mass is 604 g/mol. The van der Waals surface area contributed by atoms with Crippen LogP contribution in [0.3, 0.4) is 0 Å². The molecule has 0 radical (unpaired) electrons. The van der Waals surface area contributed by atoms with E-state index in [2.05, 4.69) is 97.8 Å². The predicted octanol–water partition coefficient (Wildman–Crippen LogP) is 9.23. The van der Waals surface area contributed by atoms with Crippen molar-refractivity contribution in [3.05, 3.63) is 95.1 Å². The molecule has 0 amide bonds. The van der Waals surface area contributed by atoms with Crippen molar-refractivity contribution in [2.45, 2.75) is 23.3 Å². The molecule has 2 atom stereocenters. The van der Waals surface area contributed by atoms with Crippen molar-refractivity contribution in [2.75, 3.05) is 25.0 Å². The van der Waals surface area contributed by atoms with Crippen LogP contribution < -0.4 is 0 Å². The molecule has 1 aliphatic rings.